The summed E-state index contributed by atoms with van der Waals surface area (Å²) in [5.41, 5.74) is 0.486. The predicted octanol–water partition coefficient (Wildman–Crippen LogP) is 3.25. The molecule has 0 saturated heterocycles. The maximum absolute atomic E-state index is 13.3. The number of amides is 2. The van der Waals surface area contributed by atoms with Crippen LogP contribution in [0, 0.1) is 5.92 Å². The number of carbonyl (C=O) groups is 2. The molecule has 2 aromatic heterocycles. The number of hydrogen-bond acceptors (Lipinski definition) is 7. The molecule has 5 rings (SSSR count). The summed E-state index contributed by atoms with van der Waals surface area (Å²) in [4.78, 5) is 51.1. The molecule has 0 spiro atoms. The Morgan fingerprint density at radius 2 is 1.78 bits per heavy atom. The molecule has 1 atom stereocenters. The summed E-state index contributed by atoms with van der Waals surface area (Å²) in [6, 6.07) is 10.1. The molecule has 1 aliphatic heterocycles. The van der Waals surface area contributed by atoms with Crippen LogP contribution in [-0.4, -0.2) is 29.2 Å². The van der Waals surface area contributed by atoms with Crippen LogP contribution in [0.4, 0.5) is 5.69 Å². The fourth-order valence-electron chi connectivity index (χ4n) is 4.33. The molecule has 0 saturated carbocycles. The number of aromatic nitrogens is 1. The van der Waals surface area contributed by atoms with E-state index in [-0.39, 0.29) is 18.3 Å². The van der Waals surface area contributed by atoms with Gasteiger partial charge in [-0.05, 0) is 43.2 Å². The lowest BCUT2D eigenvalue weighted by atomic mass is 10.0. The van der Waals surface area contributed by atoms with E-state index in [9.17, 15) is 19.2 Å². The average molecular weight is 504 g/mol. The van der Waals surface area contributed by atoms with E-state index in [4.69, 9.17) is 13.9 Å². The Bertz CT molecular complexity index is 1670. The van der Waals surface area contributed by atoms with Crippen LogP contribution in [0.1, 0.15) is 31.1 Å². The van der Waals surface area contributed by atoms with Gasteiger partial charge in [-0.25, -0.2) is 4.79 Å². The van der Waals surface area contributed by atoms with Gasteiger partial charge in [-0.1, -0.05) is 13.8 Å². The normalized spacial score (nSPS) is 13.2. The Labute approximate surface area is 210 Å². The fraction of sp³-hybridized carbons (Fsp3) is 0.259. The Balaban J connectivity index is 1.42. The van der Waals surface area contributed by atoms with Crippen molar-refractivity contribution in [2.24, 2.45) is 5.92 Å². The zero-order valence-corrected chi connectivity index (χ0v) is 20.5. The van der Waals surface area contributed by atoms with Crippen molar-refractivity contribution in [2.45, 2.75) is 33.4 Å². The predicted molar refractivity (Wildman–Crippen MR) is 137 cm³/mol. The Kier molecular flexibility index (Phi) is 6.16. The number of benzene rings is 2. The molecule has 0 unspecified atom stereocenters. The molecule has 1 aliphatic rings. The Hall–Kier alpha value is -4.60. The van der Waals surface area contributed by atoms with Gasteiger partial charge in [0.25, 0.3) is 5.91 Å². The molecule has 0 bridgehead atoms. The molecule has 10 nitrogen and oxygen atoms in total. The first-order chi connectivity index (χ1) is 17.7. The van der Waals surface area contributed by atoms with Crippen molar-refractivity contribution in [3.63, 3.8) is 0 Å². The number of hydrogen-bond donors (Lipinski definition) is 2. The number of carbonyl (C=O) groups excluding carboxylic acids is 2. The highest BCUT2D eigenvalue weighted by molar-refractivity contribution is 6.03. The van der Waals surface area contributed by atoms with E-state index in [0.717, 1.165) is 0 Å². The highest BCUT2D eigenvalue weighted by Crippen LogP contribution is 2.35. The van der Waals surface area contributed by atoms with Crippen molar-refractivity contribution >= 4 is 39.4 Å². The van der Waals surface area contributed by atoms with Crippen LogP contribution in [0.5, 0.6) is 11.5 Å². The smallest absolute Gasteiger partial charge is 0.336 e. The summed E-state index contributed by atoms with van der Waals surface area (Å²) in [6.45, 7) is 6.06. The molecule has 3 heterocycles. The van der Waals surface area contributed by atoms with Crippen molar-refractivity contribution in [3.05, 3.63) is 74.9 Å². The van der Waals surface area contributed by atoms with E-state index < -0.39 is 28.9 Å². The summed E-state index contributed by atoms with van der Waals surface area (Å²) in [5, 5.41) is 6.49. The topological polar surface area (TPSA) is 129 Å². The van der Waals surface area contributed by atoms with Crippen molar-refractivity contribution in [3.8, 4) is 11.5 Å². The second-order valence-corrected chi connectivity index (χ2v) is 9.07. The van der Waals surface area contributed by atoms with E-state index in [0.29, 0.717) is 45.6 Å². The number of anilines is 1. The third-order valence-electron chi connectivity index (χ3n) is 6.28. The van der Waals surface area contributed by atoms with Crippen LogP contribution in [0.3, 0.4) is 0 Å². The monoisotopic (exact) mass is 503 g/mol. The van der Waals surface area contributed by atoms with Gasteiger partial charge in [-0.2, -0.15) is 0 Å². The van der Waals surface area contributed by atoms with Crippen LogP contribution in [0.2, 0.25) is 0 Å². The molecule has 2 N–H and O–H groups in total. The first-order valence-electron chi connectivity index (χ1n) is 11.9. The van der Waals surface area contributed by atoms with Gasteiger partial charge in [0.1, 0.15) is 17.2 Å². The number of fused-ring (bicyclic) bond motifs is 3. The van der Waals surface area contributed by atoms with Gasteiger partial charge in [0, 0.05) is 35.9 Å². The summed E-state index contributed by atoms with van der Waals surface area (Å²) in [7, 11) is 0. The Morgan fingerprint density at radius 1 is 1.03 bits per heavy atom. The SMILES string of the molecule is CCn1cc(C(=O)N[C@H](C(=O)Nc2ccc3oc(=O)ccc3c2)C(C)C)c(=O)c2cc3c(cc21)OCO3. The third kappa shape index (κ3) is 4.53. The molecular weight excluding hydrogens is 478 g/mol. The highest BCUT2D eigenvalue weighted by Gasteiger charge is 2.27. The second kappa shape index (κ2) is 9.45. The van der Waals surface area contributed by atoms with E-state index in [1.165, 1.54) is 12.3 Å². The average Bonchev–Trinajstić information content (AvgIpc) is 3.34. The van der Waals surface area contributed by atoms with Crippen LogP contribution >= 0.6 is 0 Å². The number of nitrogens with zero attached hydrogens (tertiary/aromatic N) is 1. The first-order valence-corrected chi connectivity index (χ1v) is 11.9. The zero-order chi connectivity index (χ0) is 26.3. The molecule has 0 fully saturated rings. The molecular formula is C27H25N3O7. The molecule has 2 amide bonds. The number of nitrogens with one attached hydrogen (secondary N) is 2. The van der Waals surface area contributed by atoms with Crippen LogP contribution in [-0.2, 0) is 11.3 Å². The standard InChI is InChI=1S/C27H25N3O7/c1-4-30-12-18(25(32)17-10-21-22(11-19(17)30)36-13-35-21)26(33)29-24(14(2)3)27(34)28-16-6-7-20-15(9-16)5-8-23(31)37-20/h5-12,14,24H,4,13H2,1-3H3,(H,28,34)(H,29,33)/t24-/m0/s1. The first kappa shape index (κ1) is 24.1. The minimum atomic E-state index is -0.918. The zero-order valence-electron chi connectivity index (χ0n) is 20.5. The lowest BCUT2D eigenvalue weighted by Crippen LogP contribution is -2.48. The van der Waals surface area contributed by atoms with Crippen molar-refractivity contribution in [2.75, 3.05) is 12.1 Å². The minimum absolute atomic E-state index is 0.0656. The van der Waals surface area contributed by atoms with E-state index in [1.807, 2.05) is 6.92 Å². The largest absolute Gasteiger partial charge is 0.454 e. The number of rotatable bonds is 6. The third-order valence-corrected chi connectivity index (χ3v) is 6.28. The van der Waals surface area contributed by atoms with E-state index in [2.05, 4.69) is 10.6 Å². The molecule has 37 heavy (non-hydrogen) atoms. The number of ether oxygens (including phenoxy) is 2. The molecule has 4 aromatic rings. The van der Waals surface area contributed by atoms with Gasteiger partial charge in [-0.15, -0.1) is 0 Å². The summed E-state index contributed by atoms with van der Waals surface area (Å²) in [6.07, 6.45) is 1.49. The summed E-state index contributed by atoms with van der Waals surface area (Å²) in [5.74, 6) is -0.386. The lowest BCUT2D eigenvalue weighted by molar-refractivity contribution is -0.118. The van der Waals surface area contributed by atoms with Crippen LogP contribution < -0.4 is 31.2 Å². The maximum atomic E-state index is 13.3. The van der Waals surface area contributed by atoms with Crippen LogP contribution in [0.15, 0.2) is 62.7 Å². The van der Waals surface area contributed by atoms with Gasteiger partial charge < -0.3 is 29.1 Å². The number of aryl methyl sites for hydroxylation is 1. The number of pyridine rings is 1. The Morgan fingerprint density at radius 3 is 2.51 bits per heavy atom. The van der Waals surface area contributed by atoms with Crippen molar-refractivity contribution in [1.29, 1.82) is 0 Å². The quantitative estimate of drug-likeness (QED) is 0.387. The maximum Gasteiger partial charge on any atom is 0.336 e. The molecule has 0 radical (unpaired) electrons. The van der Waals surface area contributed by atoms with Gasteiger partial charge in [0.05, 0.1) is 10.9 Å². The fourth-order valence-corrected chi connectivity index (χ4v) is 4.33. The minimum Gasteiger partial charge on any atom is -0.454 e. The lowest BCUT2D eigenvalue weighted by Gasteiger charge is -2.22. The van der Waals surface area contributed by atoms with Crippen molar-refractivity contribution < 1.29 is 23.5 Å². The van der Waals surface area contributed by atoms with Gasteiger partial charge >= 0.3 is 5.63 Å². The molecule has 2 aromatic carbocycles. The van der Waals surface area contributed by atoms with E-state index >= 15 is 0 Å². The molecule has 190 valence electrons. The molecule has 0 aliphatic carbocycles. The van der Waals surface area contributed by atoms with Gasteiger partial charge in [-0.3, -0.25) is 14.4 Å². The van der Waals surface area contributed by atoms with Crippen molar-refractivity contribution in [1.82, 2.24) is 9.88 Å². The summed E-state index contributed by atoms with van der Waals surface area (Å²) < 4.78 is 17.7. The second-order valence-electron chi connectivity index (χ2n) is 9.07. The summed E-state index contributed by atoms with van der Waals surface area (Å²) >= 11 is 0. The molecule has 10 heteroatoms. The van der Waals surface area contributed by atoms with Gasteiger partial charge in [0.2, 0.25) is 18.1 Å². The van der Waals surface area contributed by atoms with Crippen LogP contribution in [0.25, 0.3) is 21.9 Å². The van der Waals surface area contributed by atoms with Gasteiger partial charge in [0.15, 0.2) is 11.5 Å². The van der Waals surface area contributed by atoms with E-state index in [1.54, 1.807) is 54.8 Å². The highest BCUT2D eigenvalue weighted by atomic mass is 16.7.